The van der Waals surface area contributed by atoms with Crippen LogP contribution in [0.5, 0.6) is 0 Å². The van der Waals surface area contributed by atoms with Crippen LogP contribution in [0, 0.1) is 0 Å². The molecule has 0 amide bonds. The van der Waals surface area contributed by atoms with Gasteiger partial charge < -0.3 is 14.8 Å². The van der Waals surface area contributed by atoms with Gasteiger partial charge in [0.25, 0.3) is 0 Å². The first-order valence-corrected chi connectivity index (χ1v) is 6.53. The van der Waals surface area contributed by atoms with Gasteiger partial charge in [-0.1, -0.05) is 6.92 Å². The van der Waals surface area contributed by atoms with E-state index < -0.39 is 5.79 Å². The molecule has 1 N–H and O–H groups in total. The van der Waals surface area contributed by atoms with E-state index in [0.29, 0.717) is 13.2 Å². The number of aromatic nitrogens is 2. The van der Waals surface area contributed by atoms with E-state index in [4.69, 9.17) is 9.47 Å². The average Bonchev–Trinajstić information content (AvgIpc) is 2.68. The number of nitrogens with zero attached hydrogens (tertiary/aromatic N) is 2. The minimum absolute atomic E-state index is 0.253. The lowest BCUT2D eigenvalue weighted by molar-refractivity contribution is -0.253. The molecule has 0 unspecified atom stereocenters. The molecule has 1 saturated heterocycles. The first-order valence-electron chi connectivity index (χ1n) is 6.53. The van der Waals surface area contributed by atoms with E-state index in [-0.39, 0.29) is 6.04 Å². The minimum Gasteiger partial charge on any atom is -0.349 e. The summed E-state index contributed by atoms with van der Waals surface area (Å²) in [5, 5.41) is 7.89. The number of rotatable bonds is 4. The topological polar surface area (TPSA) is 48.3 Å². The summed E-state index contributed by atoms with van der Waals surface area (Å²) in [4.78, 5) is 0. The number of hydrogen-bond acceptors (Lipinski definition) is 4. The third-order valence-electron chi connectivity index (χ3n) is 3.17. The SMILES string of the molecule is CCc1nn(C)cc1CNC1COC(C)(C)OC1. The smallest absolute Gasteiger partial charge is 0.162 e. The lowest BCUT2D eigenvalue weighted by atomic mass is 10.2. The van der Waals surface area contributed by atoms with Gasteiger partial charge in [0.05, 0.1) is 24.9 Å². The number of hydrogen-bond donors (Lipinski definition) is 1. The highest BCUT2D eigenvalue weighted by Crippen LogP contribution is 2.17. The molecule has 2 heterocycles. The normalized spacial score (nSPS) is 20.2. The second-order valence-corrected chi connectivity index (χ2v) is 5.23. The molecule has 2 rings (SSSR count). The van der Waals surface area contributed by atoms with Crippen LogP contribution in [0.15, 0.2) is 6.20 Å². The molecule has 0 aromatic carbocycles. The van der Waals surface area contributed by atoms with Gasteiger partial charge in [0.1, 0.15) is 0 Å². The summed E-state index contributed by atoms with van der Waals surface area (Å²) in [5.74, 6) is -0.443. The molecule has 1 fully saturated rings. The monoisotopic (exact) mass is 253 g/mol. The molecular weight excluding hydrogens is 230 g/mol. The van der Waals surface area contributed by atoms with Crippen LogP contribution in [-0.2, 0) is 29.5 Å². The van der Waals surface area contributed by atoms with Crippen molar-refractivity contribution in [1.82, 2.24) is 15.1 Å². The Hall–Kier alpha value is -0.910. The fraction of sp³-hybridized carbons (Fsp3) is 0.769. The highest BCUT2D eigenvalue weighted by molar-refractivity contribution is 5.16. The summed E-state index contributed by atoms with van der Waals surface area (Å²) in [7, 11) is 1.96. The molecular formula is C13H23N3O2. The Morgan fingerprint density at radius 3 is 2.72 bits per heavy atom. The first-order chi connectivity index (χ1) is 8.50. The Labute approximate surface area is 108 Å². The predicted octanol–water partition coefficient (Wildman–Crippen LogP) is 1.22. The molecule has 18 heavy (non-hydrogen) atoms. The highest BCUT2D eigenvalue weighted by Gasteiger charge is 2.27. The Morgan fingerprint density at radius 2 is 2.11 bits per heavy atom. The van der Waals surface area contributed by atoms with E-state index >= 15 is 0 Å². The molecule has 0 bridgehead atoms. The van der Waals surface area contributed by atoms with E-state index in [0.717, 1.165) is 18.7 Å². The Kier molecular flexibility index (Phi) is 4.04. The Morgan fingerprint density at radius 1 is 1.44 bits per heavy atom. The molecule has 1 aromatic heterocycles. The van der Waals surface area contributed by atoms with Gasteiger partial charge in [0.2, 0.25) is 0 Å². The zero-order valence-corrected chi connectivity index (χ0v) is 11.7. The molecule has 1 aliphatic rings. The molecule has 1 aliphatic heterocycles. The summed E-state index contributed by atoms with van der Waals surface area (Å²) < 4.78 is 13.1. The van der Waals surface area contributed by atoms with Crippen molar-refractivity contribution in [3.8, 4) is 0 Å². The van der Waals surface area contributed by atoms with Gasteiger partial charge in [-0.3, -0.25) is 4.68 Å². The van der Waals surface area contributed by atoms with Gasteiger partial charge in [-0.05, 0) is 20.3 Å². The zero-order valence-electron chi connectivity index (χ0n) is 11.7. The van der Waals surface area contributed by atoms with Gasteiger partial charge in [0.15, 0.2) is 5.79 Å². The van der Waals surface area contributed by atoms with Crippen molar-refractivity contribution < 1.29 is 9.47 Å². The Balaban J connectivity index is 1.85. The third kappa shape index (κ3) is 3.31. The number of nitrogens with one attached hydrogen (secondary N) is 1. The van der Waals surface area contributed by atoms with Gasteiger partial charge >= 0.3 is 0 Å². The predicted molar refractivity (Wildman–Crippen MR) is 69.2 cm³/mol. The fourth-order valence-corrected chi connectivity index (χ4v) is 2.09. The lowest BCUT2D eigenvalue weighted by Crippen LogP contribution is -2.48. The minimum atomic E-state index is -0.443. The van der Waals surface area contributed by atoms with Gasteiger partial charge in [-0.25, -0.2) is 0 Å². The van der Waals surface area contributed by atoms with Crippen LogP contribution in [0.25, 0.3) is 0 Å². The van der Waals surface area contributed by atoms with E-state index in [9.17, 15) is 0 Å². The highest BCUT2D eigenvalue weighted by atomic mass is 16.7. The molecule has 0 atom stereocenters. The van der Waals surface area contributed by atoms with Crippen LogP contribution in [0.4, 0.5) is 0 Å². The number of aryl methyl sites for hydroxylation is 2. The quantitative estimate of drug-likeness (QED) is 0.876. The van der Waals surface area contributed by atoms with E-state index in [1.54, 1.807) is 0 Å². The van der Waals surface area contributed by atoms with Crippen LogP contribution in [0.3, 0.4) is 0 Å². The van der Waals surface area contributed by atoms with E-state index in [1.807, 2.05) is 25.6 Å². The molecule has 0 radical (unpaired) electrons. The van der Waals surface area contributed by atoms with Crippen molar-refractivity contribution in [2.75, 3.05) is 13.2 Å². The molecule has 0 spiro atoms. The first kappa shape index (κ1) is 13.5. The maximum absolute atomic E-state index is 5.62. The fourth-order valence-electron chi connectivity index (χ4n) is 2.09. The summed E-state index contributed by atoms with van der Waals surface area (Å²) in [6.07, 6.45) is 3.03. The maximum Gasteiger partial charge on any atom is 0.162 e. The van der Waals surface area contributed by atoms with Crippen molar-refractivity contribution in [2.45, 2.75) is 45.6 Å². The van der Waals surface area contributed by atoms with Crippen molar-refractivity contribution in [1.29, 1.82) is 0 Å². The van der Waals surface area contributed by atoms with Crippen molar-refractivity contribution in [3.63, 3.8) is 0 Å². The van der Waals surface area contributed by atoms with Gasteiger partial charge in [-0.2, -0.15) is 5.10 Å². The van der Waals surface area contributed by atoms with Crippen molar-refractivity contribution in [3.05, 3.63) is 17.5 Å². The Bertz CT molecular complexity index is 391. The number of ether oxygens (including phenoxy) is 2. The molecule has 0 saturated carbocycles. The van der Waals surface area contributed by atoms with Crippen LogP contribution in [0.2, 0.25) is 0 Å². The standard InChI is InChI=1S/C13H23N3O2/c1-5-12-10(7-16(4)15-12)6-14-11-8-17-13(2,3)18-9-11/h7,11,14H,5-6,8-9H2,1-4H3. The summed E-state index contributed by atoms with van der Waals surface area (Å²) in [6.45, 7) is 8.21. The van der Waals surface area contributed by atoms with Crippen LogP contribution >= 0.6 is 0 Å². The van der Waals surface area contributed by atoms with Crippen molar-refractivity contribution in [2.24, 2.45) is 7.05 Å². The molecule has 5 nitrogen and oxygen atoms in total. The molecule has 1 aromatic rings. The maximum atomic E-state index is 5.62. The summed E-state index contributed by atoms with van der Waals surface area (Å²) in [6, 6.07) is 0.253. The molecule has 0 aliphatic carbocycles. The zero-order chi connectivity index (χ0) is 13.2. The second kappa shape index (κ2) is 5.38. The van der Waals surface area contributed by atoms with Gasteiger partial charge in [0, 0.05) is 25.4 Å². The van der Waals surface area contributed by atoms with E-state index in [2.05, 4.69) is 23.5 Å². The van der Waals surface area contributed by atoms with E-state index in [1.165, 1.54) is 5.56 Å². The van der Waals surface area contributed by atoms with Gasteiger partial charge in [-0.15, -0.1) is 0 Å². The summed E-state index contributed by atoms with van der Waals surface area (Å²) >= 11 is 0. The van der Waals surface area contributed by atoms with Crippen molar-refractivity contribution >= 4 is 0 Å². The average molecular weight is 253 g/mol. The lowest BCUT2D eigenvalue weighted by Gasteiger charge is -2.35. The largest absolute Gasteiger partial charge is 0.349 e. The van der Waals surface area contributed by atoms with Crippen LogP contribution < -0.4 is 5.32 Å². The van der Waals surface area contributed by atoms with Crippen LogP contribution in [0.1, 0.15) is 32.0 Å². The molecule has 102 valence electrons. The van der Waals surface area contributed by atoms with Crippen LogP contribution in [-0.4, -0.2) is 34.8 Å². The summed E-state index contributed by atoms with van der Waals surface area (Å²) in [5.41, 5.74) is 2.41. The third-order valence-corrected chi connectivity index (χ3v) is 3.17. The second-order valence-electron chi connectivity index (χ2n) is 5.23. The molecule has 5 heteroatoms.